The van der Waals surface area contributed by atoms with Crippen molar-refractivity contribution in [3.05, 3.63) is 69.5 Å². The Morgan fingerprint density at radius 2 is 1.91 bits per heavy atom. The molecule has 0 bridgehead atoms. The number of nitrogens with zero attached hydrogens (tertiary/aromatic N) is 4. The zero-order valence-corrected chi connectivity index (χ0v) is 19.6. The molecule has 32 heavy (non-hydrogen) atoms. The van der Waals surface area contributed by atoms with Crippen LogP contribution in [0.3, 0.4) is 0 Å². The summed E-state index contributed by atoms with van der Waals surface area (Å²) < 4.78 is 3.49. The van der Waals surface area contributed by atoms with Crippen LogP contribution >= 0.6 is 11.8 Å². The fraction of sp³-hybridized carbons (Fsp3) is 0.333. The second-order valence-electron chi connectivity index (χ2n) is 8.28. The summed E-state index contributed by atoms with van der Waals surface area (Å²) in [5, 5.41) is 12.9. The van der Waals surface area contributed by atoms with Crippen molar-refractivity contribution in [1.29, 1.82) is 0 Å². The molecular formula is C24H27N5O2S. The number of amides is 1. The first kappa shape index (κ1) is 22.1. The van der Waals surface area contributed by atoms with Gasteiger partial charge in [0.2, 0.25) is 11.7 Å². The molecule has 2 aromatic carbocycles. The standard InChI is InChI=1S/C24H27N5O2S/c1-15(2)25-21(30)11-12-28-22(31)19-13-16(3)9-10-20(19)29-23(28)26-27-24(29)32-14-18-8-6-5-7-17(18)4/h5-10,13,15H,11-12,14H2,1-4H3,(H,25,30). The second-order valence-corrected chi connectivity index (χ2v) is 9.23. The number of thioether (sulfide) groups is 1. The molecule has 0 saturated carbocycles. The van der Waals surface area contributed by atoms with Gasteiger partial charge >= 0.3 is 0 Å². The van der Waals surface area contributed by atoms with E-state index in [1.807, 2.05) is 55.5 Å². The minimum atomic E-state index is -0.156. The van der Waals surface area contributed by atoms with Crippen LogP contribution in [-0.4, -0.2) is 31.1 Å². The molecule has 1 N–H and O–H groups in total. The summed E-state index contributed by atoms with van der Waals surface area (Å²) in [5.74, 6) is 1.11. The van der Waals surface area contributed by atoms with Gasteiger partial charge in [-0.25, -0.2) is 0 Å². The quantitative estimate of drug-likeness (QED) is 0.433. The van der Waals surface area contributed by atoms with Crippen molar-refractivity contribution in [3.63, 3.8) is 0 Å². The van der Waals surface area contributed by atoms with Crippen LogP contribution in [-0.2, 0) is 17.1 Å². The lowest BCUT2D eigenvalue weighted by molar-refractivity contribution is -0.121. The van der Waals surface area contributed by atoms with Crippen molar-refractivity contribution in [2.75, 3.05) is 0 Å². The van der Waals surface area contributed by atoms with Crippen molar-refractivity contribution in [2.45, 2.75) is 57.6 Å². The number of benzene rings is 2. The zero-order valence-electron chi connectivity index (χ0n) is 18.8. The van der Waals surface area contributed by atoms with Crippen LogP contribution in [0.25, 0.3) is 16.7 Å². The first-order chi connectivity index (χ1) is 15.3. The molecule has 4 aromatic rings. The minimum absolute atomic E-state index is 0.0519. The minimum Gasteiger partial charge on any atom is -0.354 e. The topological polar surface area (TPSA) is 81.3 Å². The number of rotatable bonds is 7. The third-order valence-corrected chi connectivity index (χ3v) is 6.33. The van der Waals surface area contributed by atoms with Crippen LogP contribution in [0.5, 0.6) is 0 Å². The van der Waals surface area contributed by atoms with Crippen LogP contribution < -0.4 is 10.9 Å². The highest BCUT2D eigenvalue weighted by Crippen LogP contribution is 2.26. The van der Waals surface area contributed by atoms with Gasteiger partial charge in [-0.2, -0.15) is 0 Å². The van der Waals surface area contributed by atoms with Crippen LogP contribution in [0, 0.1) is 13.8 Å². The van der Waals surface area contributed by atoms with Crippen molar-refractivity contribution in [2.24, 2.45) is 0 Å². The first-order valence-electron chi connectivity index (χ1n) is 10.7. The lowest BCUT2D eigenvalue weighted by Gasteiger charge is -2.13. The number of hydrogen-bond acceptors (Lipinski definition) is 5. The van der Waals surface area contributed by atoms with E-state index >= 15 is 0 Å². The van der Waals surface area contributed by atoms with E-state index < -0.39 is 0 Å². The van der Waals surface area contributed by atoms with Crippen LogP contribution in [0.2, 0.25) is 0 Å². The molecule has 0 radical (unpaired) electrons. The van der Waals surface area contributed by atoms with Crippen LogP contribution in [0.15, 0.2) is 52.4 Å². The van der Waals surface area contributed by atoms with E-state index in [-0.39, 0.29) is 30.5 Å². The van der Waals surface area contributed by atoms with Crippen molar-refractivity contribution < 1.29 is 4.79 Å². The number of fused-ring (bicyclic) bond motifs is 3. The van der Waals surface area contributed by atoms with E-state index in [0.29, 0.717) is 11.2 Å². The van der Waals surface area contributed by atoms with Gasteiger partial charge in [-0.1, -0.05) is 47.7 Å². The average Bonchev–Trinajstić information content (AvgIpc) is 3.16. The smallest absolute Gasteiger partial charge is 0.262 e. The Morgan fingerprint density at radius 1 is 1.12 bits per heavy atom. The Morgan fingerprint density at radius 3 is 2.66 bits per heavy atom. The monoisotopic (exact) mass is 449 g/mol. The normalized spacial score (nSPS) is 11.5. The summed E-state index contributed by atoms with van der Waals surface area (Å²) in [5.41, 5.74) is 4.07. The number of aryl methyl sites for hydroxylation is 3. The molecule has 0 aliphatic carbocycles. The van der Waals surface area contributed by atoms with E-state index in [9.17, 15) is 9.59 Å². The summed E-state index contributed by atoms with van der Waals surface area (Å²) >= 11 is 1.58. The molecule has 2 aromatic heterocycles. The van der Waals surface area contributed by atoms with E-state index in [4.69, 9.17) is 0 Å². The third kappa shape index (κ3) is 4.41. The first-order valence-corrected chi connectivity index (χ1v) is 11.7. The van der Waals surface area contributed by atoms with Gasteiger partial charge in [0.05, 0.1) is 10.9 Å². The highest BCUT2D eigenvalue weighted by Gasteiger charge is 2.18. The molecular weight excluding hydrogens is 422 g/mol. The van der Waals surface area contributed by atoms with E-state index in [0.717, 1.165) is 22.0 Å². The van der Waals surface area contributed by atoms with Gasteiger partial charge in [0.1, 0.15) is 0 Å². The highest BCUT2D eigenvalue weighted by atomic mass is 32.2. The fourth-order valence-corrected chi connectivity index (χ4v) is 4.73. The Balaban J connectivity index is 1.78. The molecule has 4 rings (SSSR count). The Hall–Kier alpha value is -3.13. The third-order valence-electron chi connectivity index (χ3n) is 5.36. The summed E-state index contributed by atoms with van der Waals surface area (Å²) in [6, 6.07) is 14.1. The van der Waals surface area contributed by atoms with Gasteiger partial charge in [0.25, 0.3) is 5.56 Å². The molecule has 0 saturated heterocycles. The fourth-order valence-electron chi connectivity index (χ4n) is 3.72. The van der Waals surface area contributed by atoms with Crippen molar-refractivity contribution in [3.8, 4) is 0 Å². The Bertz CT molecular complexity index is 1360. The molecule has 1 amide bonds. The summed E-state index contributed by atoms with van der Waals surface area (Å²) in [7, 11) is 0. The van der Waals surface area contributed by atoms with Gasteiger partial charge in [-0.3, -0.25) is 18.6 Å². The van der Waals surface area contributed by atoms with Gasteiger partial charge in [0, 0.05) is 24.8 Å². The maximum absolute atomic E-state index is 13.3. The van der Waals surface area contributed by atoms with Crippen LogP contribution in [0.1, 0.15) is 37.0 Å². The Kier molecular flexibility index (Phi) is 6.32. The van der Waals surface area contributed by atoms with Gasteiger partial charge in [-0.15, -0.1) is 10.2 Å². The number of hydrogen-bond donors (Lipinski definition) is 1. The maximum atomic E-state index is 13.3. The van der Waals surface area contributed by atoms with Gasteiger partial charge in [-0.05, 0) is 51.0 Å². The van der Waals surface area contributed by atoms with Gasteiger partial charge < -0.3 is 5.32 Å². The van der Waals surface area contributed by atoms with Crippen LogP contribution in [0.4, 0.5) is 0 Å². The van der Waals surface area contributed by atoms with Crippen molar-refractivity contribution >= 4 is 34.3 Å². The molecule has 0 fully saturated rings. The molecule has 0 atom stereocenters. The van der Waals surface area contributed by atoms with E-state index in [2.05, 4.69) is 34.6 Å². The predicted octanol–water partition coefficient (Wildman–Crippen LogP) is 3.87. The van der Waals surface area contributed by atoms with Gasteiger partial charge in [0.15, 0.2) is 5.16 Å². The molecule has 2 heterocycles. The predicted molar refractivity (Wildman–Crippen MR) is 128 cm³/mol. The zero-order chi connectivity index (χ0) is 22.8. The van der Waals surface area contributed by atoms with E-state index in [1.165, 1.54) is 11.1 Å². The lowest BCUT2D eigenvalue weighted by atomic mass is 10.1. The molecule has 0 spiro atoms. The number of carbonyl (C=O) groups is 1. The van der Waals surface area contributed by atoms with E-state index in [1.54, 1.807) is 16.3 Å². The summed E-state index contributed by atoms with van der Waals surface area (Å²) in [6.45, 7) is 8.12. The number of carbonyl (C=O) groups excluding carboxylic acids is 1. The maximum Gasteiger partial charge on any atom is 0.262 e. The Labute approximate surface area is 190 Å². The molecule has 7 nitrogen and oxygen atoms in total. The highest BCUT2D eigenvalue weighted by molar-refractivity contribution is 7.98. The number of aromatic nitrogens is 4. The molecule has 0 aliphatic heterocycles. The molecule has 166 valence electrons. The summed E-state index contributed by atoms with van der Waals surface area (Å²) in [6.07, 6.45) is 0.198. The SMILES string of the molecule is Cc1ccc2c(c1)c(=O)n(CCC(=O)NC(C)C)c1nnc(SCc3ccccc3C)n21. The number of nitrogens with one attached hydrogen (secondary N) is 1. The second kappa shape index (κ2) is 9.16. The molecule has 0 unspecified atom stereocenters. The average molecular weight is 450 g/mol. The molecule has 0 aliphatic rings. The summed E-state index contributed by atoms with van der Waals surface area (Å²) in [4.78, 5) is 25.5. The lowest BCUT2D eigenvalue weighted by Crippen LogP contribution is -2.32. The largest absolute Gasteiger partial charge is 0.354 e. The molecule has 8 heteroatoms. The van der Waals surface area contributed by atoms with Crippen molar-refractivity contribution in [1.82, 2.24) is 24.5 Å².